The first-order chi connectivity index (χ1) is 9.74. The summed E-state index contributed by atoms with van der Waals surface area (Å²) < 4.78 is 16.9. The van der Waals surface area contributed by atoms with E-state index in [4.69, 9.17) is 36.8 Å². The van der Waals surface area contributed by atoms with Gasteiger partial charge in [-0.3, -0.25) is 0 Å². The molecule has 0 fully saturated rings. The van der Waals surface area contributed by atoms with Crippen molar-refractivity contribution in [2.75, 3.05) is 0 Å². The summed E-state index contributed by atoms with van der Waals surface area (Å²) in [5, 5.41) is 0. The Hall–Kier alpha value is -1.41. The molecule has 2 aromatic rings. The Labute approximate surface area is 127 Å². The molecule has 0 N–H and O–H groups in total. The van der Waals surface area contributed by atoms with Gasteiger partial charge in [0, 0.05) is 5.56 Å². The van der Waals surface area contributed by atoms with Crippen LogP contribution in [0.5, 0.6) is 11.5 Å². The van der Waals surface area contributed by atoms with Crippen LogP contribution in [-0.2, 0) is 4.52 Å². The number of hydrogen-bond acceptors (Lipinski definition) is 3. The van der Waals surface area contributed by atoms with E-state index in [0.29, 0.717) is 17.3 Å². The minimum Gasteiger partial charge on any atom is -0.405 e. The molecule has 0 amide bonds. The summed E-state index contributed by atoms with van der Waals surface area (Å²) in [7, 11) is -1.59. The van der Waals surface area contributed by atoms with Crippen LogP contribution in [0.1, 0.15) is 5.56 Å². The molecule has 0 radical (unpaired) electrons. The van der Waals surface area contributed by atoms with E-state index >= 15 is 0 Å². The summed E-state index contributed by atoms with van der Waals surface area (Å²) in [6.45, 7) is 0. The number of halogens is 2. The van der Waals surface area contributed by atoms with Crippen molar-refractivity contribution in [2.45, 2.75) is 0 Å². The summed E-state index contributed by atoms with van der Waals surface area (Å²) in [6, 6.07) is 16.7. The molecule has 1 aliphatic rings. The maximum Gasteiger partial charge on any atom is 0.530 e. The van der Waals surface area contributed by atoms with Gasteiger partial charge < -0.3 is 13.6 Å². The first-order valence-corrected chi connectivity index (χ1v) is 7.63. The van der Waals surface area contributed by atoms with Gasteiger partial charge in [-0.15, -0.1) is 0 Å². The van der Waals surface area contributed by atoms with E-state index in [1.807, 2.05) is 54.6 Å². The molecular weight excluding hydrogens is 318 g/mol. The van der Waals surface area contributed by atoms with Crippen LogP contribution in [0.2, 0.25) is 0 Å². The molecule has 0 aliphatic carbocycles. The second-order valence-corrected chi connectivity index (χ2v) is 5.84. The fourth-order valence-electron chi connectivity index (χ4n) is 1.68. The second-order valence-electron chi connectivity index (χ2n) is 3.90. The SMILES string of the molecule is ClC(Cl)=C(OP1Oc2ccccc2O1)c1ccccc1. The third-order valence-corrected chi connectivity index (χ3v) is 3.93. The molecule has 0 atom stereocenters. The quantitative estimate of drug-likeness (QED) is 0.550. The highest BCUT2D eigenvalue weighted by molar-refractivity contribution is 7.43. The Morgan fingerprint density at radius 3 is 1.95 bits per heavy atom. The number of benzene rings is 2. The molecule has 0 unspecified atom stereocenters. The van der Waals surface area contributed by atoms with E-state index in [-0.39, 0.29) is 4.49 Å². The van der Waals surface area contributed by atoms with Crippen molar-refractivity contribution in [3.05, 3.63) is 64.7 Å². The van der Waals surface area contributed by atoms with E-state index in [9.17, 15) is 0 Å². The van der Waals surface area contributed by atoms with Gasteiger partial charge in [0.25, 0.3) is 0 Å². The van der Waals surface area contributed by atoms with Crippen molar-refractivity contribution in [1.29, 1.82) is 0 Å². The Kier molecular flexibility index (Phi) is 4.02. The van der Waals surface area contributed by atoms with Gasteiger partial charge in [0.15, 0.2) is 17.3 Å². The zero-order chi connectivity index (χ0) is 13.9. The van der Waals surface area contributed by atoms with Crippen LogP contribution in [0.3, 0.4) is 0 Å². The number of hydrogen-bond donors (Lipinski definition) is 0. The van der Waals surface area contributed by atoms with Crippen LogP contribution in [0.4, 0.5) is 0 Å². The predicted molar refractivity (Wildman–Crippen MR) is 80.8 cm³/mol. The van der Waals surface area contributed by atoms with Crippen LogP contribution in [0.25, 0.3) is 5.76 Å². The maximum absolute atomic E-state index is 5.89. The van der Waals surface area contributed by atoms with Crippen LogP contribution in [0, 0.1) is 0 Å². The lowest BCUT2D eigenvalue weighted by Gasteiger charge is -2.12. The van der Waals surface area contributed by atoms with Crippen LogP contribution < -0.4 is 9.05 Å². The molecule has 20 heavy (non-hydrogen) atoms. The van der Waals surface area contributed by atoms with Crippen molar-refractivity contribution in [3.63, 3.8) is 0 Å². The smallest absolute Gasteiger partial charge is 0.405 e. The summed E-state index contributed by atoms with van der Waals surface area (Å²) >= 11 is 11.8. The monoisotopic (exact) mass is 326 g/mol. The summed E-state index contributed by atoms with van der Waals surface area (Å²) in [5.74, 6) is 1.64. The zero-order valence-corrected chi connectivity index (χ0v) is 12.5. The Morgan fingerprint density at radius 2 is 1.40 bits per heavy atom. The topological polar surface area (TPSA) is 27.7 Å². The van der Waals surface area contributed by atoms with E-state index in [1.165, 1.54) is 0 Å². The minimum absolute atomic E-state index is 0.0295. The molecule has 102 valence electrons. The van der Waals surface area contributed by atoms with Gasteiger partial charge in [-0.25, -0.2) is 0 Å². The molecule has 3 rings (SSSR count). The lowest BCUT2D eigenvalue weighted by atomic mass is 10.2. The third-order valence-electron chi connectivity index (χ3n) is 2.57. The molecule has 0 spiro atoms. The van der Waals surface area contributed by atoms with Crippen molar-refractivity contribution in [3.8, 4) is 11.5 Å². The highest BCUT2D eigenvalue weighted by Crippen LogP contribution is 2.55. The fourth-order valence-corrected chi connectivity index (χ4v) is 3.16. The highest BCUT2D eigenvalue weighted by Gasteiger charge is 2.31. The largest absolute Gasteiger partial charge is 0.530 e. The average Bonchev–Trinajstić information content (AvgIpc) is 2.88. The van der Waals surface area contributed by atoms with Gasteiger partial charge in [-0.05, 0) is 12.1 Å². The summed E-state index contributed by atoms with van der Waals surface area (Å²) in [4.78, 5) is 0. The molecule has 1 heterocycles. The van der Waals surface area contributed by atoms with Gasteiger partial charge in [0.05, 0.1) is 0 Å². The van der Waals surface area contributed by atoms with E-state index < -0.39 is 8.60 Å². The molecule has 2 aromatic carbocycles. The molecule has 0 bridgehead atoms. The lowest BCUT2D eigenvalue weighted by Crippen LogP contribution is -1.94. The zero-order valence-electron chi connectivity index (χ0n) is 10.1. The first kappa shape index (κ1) is 13.6. The normalized spacial score (nSPS) is 13.1. The second kappa shape index (κ2) is 5.92. The third kappa shape index (κ3) is 2.85. The highest BCUT2D eigenvalue weighted by atomic mass is 35.5. The van der Waals surface area contributed by atoms with Gasteiger partial charge in [-0.2, -0.15) is 0 Å². The van der Waals surface area contributed by atoms with Crippen molar-refractivity contribution >= 4 is 37.6 Å². The molecular formula is C14H9Cl2O3P. The molecule has 0 saturated carbocycles. The molecule has 0 saturated heterocycles. The van der Waals surface area contributed by atoms with E-state index in [2.05, 4.69) is 0 Å². The van der Waals surface area contributed by atoms with Crippen molar-refractivity contribution in [2.24, 2.45) is 0 Å². The summed E-state index contributed by atoms with van der Waals surface area (Å²) in [6.07, 6.45) is 0. The van der Waals surface area contributed by atoms with Gasteiger partial charge in [-0.1, -0.05) is 65.7 Å². The van der Waals surface area contributed by atoms with E-state index in [0.717, 1.165) is 5.56 Å². The summed E-state index contributed by atoms with van der Waals surface area (Å²) in [5.41, 5.74) is 0.762. The Balaban J connectivity index is 1.79. The fraction of sp³-hybridized carbons (Fsp3) is 0. The van der Waals surface area contributed by atoms with E-state index in [1.54, 1.807) is 0 Å². The van der Waals surface area contributed by atoms with Crippen molar-refractivity contribution in [1.82, 2.24) is 0 Å². The predicted octanol–water partition coefficient (Wildman–Crippen LogP) is 5.51. The van der Waals surface area contributed by atoms with Gasteiger partial charge >= 0.3 is 8.60 Å². The number of fused-ring (bicyclic) bond motifs is 1. The maximum atomic E-state index is 5.89. The Bertz CT molecular complexity index is 617. The molecule has 1 aliphatic heterocycles. The molecule has 0 aromatic heterocycles. The lowest BCUT2D eigenvalue weighted by molar-refractivity contribution is 0.412. The minimum atomic E-state index is -1.59. The Morgan fingerprint density at radius 1 is 0.850 bits per heavy atom. The van der Waals surface area contributed by atoms with Crippen LogP contribution in [-0.4, -0.2) is 0 Å². The average molecular weight is 327 g/mol. The number of rotatable bonds is 3. The van der Waals surface area contributed by atoms with Gasteiger partial charge in [0.1, 0.15) is 4.49 Å². The van der Waals surface area contributed by atoms with Gasteiger partial charge in [0.2, 0.25) is 0 Å². The standard InChI is InChI=1S/C14H9Cl2O3P/c15-14(16)13(10-6-2-1-3-7-10)19-20-17-11-8-4-5-9-12(11)18-20/h1-9H. The van der Waals surface area contributed by atoms with Crippen LogP contribution >= 0.6 is 31.8 Å². The number of para-hydroxylation sites is 2. The molecule has 3 nitrogen and oxygen atoms in total. The van der Waals surface area contributed by atoms with Crippen LogP contribution in [0.15, 0.2) is 59.1 Å². The van der Waals surface area contributed by atoms with Crippen molar-refractivity contribution < 1.29 is 13.6 Å². The molecule has 6 heteroatoms. The first-order valence-electron chi connectivity index (χ1n) is 5.78.